The van der Waals surface area contributed by atoms with Gasteiger partial charge in [0, 0.05) is 6.54 Å². The second-order valence-electron chi connectivity index (χ2n) is 7.11. The van der Waals surface area contributed by atoms with Gasteiger partial charge in [0.25, 0.3) is 0 Å². The average Bonchev–Trinajstić information content (AvgIpc) is 3.22. The smallest absolute Gasteiger partial charge is 0.000781 e. The molecule has 0 aromatic carbocycles. The van der Waals surface area contributed by atoms with Gasteiger partial charge in [-0.1, -0.05) is 78.1 Å². The van der Waals surface area contributed by atoms with E-state index in [-0.39, 0.29) is 0 Å². The Bertz CT molecular complexity index is 208. The summed E-state index contributed by atoms with van der Waals surface area (Å²) in [7, 11) is 0. The Morgan fingerprint density at radius 2 is 1.25 bits per heavy atom. The van der Waals surface area contributed by atoms with E-state index in [1.807, 2.05) is 0 Å². The Morgan fingerprint density at radius 3 is 1.75 bits per heavy atom. The lowest BCUT2D eigenvalue weighted by atomic mass is 9.97. The van der Waals surface area contributed by atoms with Gasteiger partial charge in [0.1, 0.15) is 0 Å². The zero-order valence-electron chi connectivity index (χ0n) is 14.3. The van der Waals surface area contributed by atoms with Crippen LogP contribution in [0.1, 0.15) is 104 Å². The van der Waals surface area contributed by atoms with E-state index >= 15 is 0 Å². The van der Waals surface area contributed by atoms with Crippen molar-refractivity contribution >= 4 is 0 Å². The molecule has 0 bridgehead atoms. The Kier molecular flexibility index (Phi) is 10.4. The van der Waals surface area contributed by atoms with E-state index in [2.05, 4.69) is 19.2 Å². The van der Waals surface area contributed by atoms with Gasteiger partial charge >= 0.3 is 0 Å². The van der Waals surface area contributed by atoms with Crippen LogP contribution in [-0.2, 0) is 0 Å². The van der Waals surface area contributed by atoms with Crippen LogP contribution in [0.4, 0.5) is 0 Å². The Labute approximate surface area is 128 Å². The maximum atomic E-state index is 3.62. The molecule has 1 aliphatic carbocycles. The molecule has 0 heterocycles. The zero-order chi connectivity index (χ0) is 14.5. The standard InChI is InChI=1S/C19H39N/c1-3-5-6-7-8-9-10-11-12-13-14-19(15-16-19)18-20-17-4-2/h20H,3-18H2,1-2H3. The Morgan fingerprint density at radius 1 is 0.700 bits per heavy atom. The molecular formula is C19H39N. The van der Waals surface area contributed by atoms with E-state index in [0.717, 1.165) is 5.41 Å². The zero-order valence-corrected chi connectivity index (χ0v) is 14.3. The average molecular weight is 282 g/mol. The van der Waals surface area contributed by atoms with E-state index in [1.54, 1.807) is 0 Å². The van der Waals surface area contributed by atoms with Gasteiger partial charge in [-0.05, 0) is 37.6 Å². The minimum Gasteiger partial charge on any atom is -0.316 e. The first-order chi connectivity index (χ1) is 9.83. The lowest BCUT2D eigenvalue weighted by molar-refractivity contribution is 0.402. The van der Waals surface area contributed by atoms with Gasteiger partial charge in [0.2, 0.25) is 0 Å². The normalized spacial score (nSPS) is 16.5. The highest BCUT2D eigenvalue weighted by Gasteiger charge is 2.40. The molecule has 0 unspecified atom stereocenters. The van der Waals surface area contributed by atoms with E-state index < -0.39 is 0 Å². The predicted octanol–water partition coefficient (Wildman–Crippen LogP) is 6.08. The third kappa shape index (κ3) is 9.00. The summed E-state index contributed by atoms with van der Waals surface area (Å²) in [6.45, 7) is 7.05. The fraction of sp³-hybridized carbons (Fsp3) is 1.00. The predicted molar refractivity (Wildman–Crippen MR) is 91.3 cm³/mol. The van der Waals surface area contributed by atoms with Crippen LogP contribution in [0.3, 0.4) is 0 Å². The molecule has 1 N–H and O–H groups in total. The van der Waals surface area contributed by atoms with Crippen molar-refractivity contribution in [3.05, 3.63) is 0 Å². The number of nitrogens with one attached hydrogen (secondary N) is 1. The van der Waals surface area contributed by atoms with Gasteiger partial charge in [0.05, 0.1) is 0 Å². The minimum absolute atomic E-state index is 0.731. The Hall–Kier alpha value is -0.0400. The maximum absolute atomic E-state index is 3.62. The molecule has 0 aromatic heterocycles. The lowest BCUT2D eigenvalue weighted by Gasteiger charge is -2.15. The van der Waals surface area contributed by atoms with Gasteiger partial charge in [-0.3, -0.25) is 0 Å². The van der Waals surface area contributed by atoms with E-state index in [1.165, 1.54) is 103 Å². The van der Waals surface area contributed by atoms with Crippen LogP contribution in [0.5, 0.6) is 0 Å². The van der Waals surface area contributed by atoms with E-state index in [9.17, 15) is 0 Å². The van der Waals surface area contributed by atoms with Crippen molar-refractivity contribution < 1.29 is 0 Å². The highest BCUT2D eigenvalue weighted by molar-refractivity contribution is 4.94. The topological polar surface area (TPSA) is 12.0 Å². The molecule has 120 valence electrons. The van der Waals surface area contributed by atoms with Gasteiger partial charge < -0.3 is 5.32 Å². The molecule has 1 saturated carbocycles. The third-order valence-electron chi connectivity index (χ3n) is 4.94. The van der Waals surface area contributed by atoms with Gasteiger partial charge in [-0.25, -0.2) is 0 Å². The molecule has 0 aliphatic heterocycles. The summed E-state index contributed by atoms with van der Waals surface area (Å²) in [6.07, 6.45) is 20.3. The summed E-state index contributed by atoms with van der Waals surface area (Å²) in [5.74, 6) is 0. The Balaban J connectivity index is 1.80. The lowest BCUT2D eigenvalue weighted by Crippen LogP contribution is -2.24. The van der Waals surface area contributed by atoms with Crippen molar-refractivity contribution in [2.75, 3.05) is 13.1 Å². The highest BCUT2D eigenvalue weighted by atomic mass is 14.9. The molecule has 0 saturated heterocycles. The second-order valence-corrected chi connectivity index (χ2v) is 7.11. The van der Waals surface area contributed by atoms with E-state index in [0.29, 0.717) is 0 Å². The summed E-state index contributed by atoms with van der Waals surface area (Å²) >= 11 is 0. The highest BCUT2D eigenvalue weighted by Crippen LogP contribution is 2.49. The number of hydrogen-bond acceptors (Lipinski definition) is 1. The van der Waals surface area contributed by atoms with E-state index in [4.69, 9.17) is 0 Å². The first-order valence-corrected chi connectivity index (χ1v) is 9.54. The molecule has 0 spiro atoms. The number of rotatable bonds is 15. The minimum atomic E-state index is 0.731. The summed E-state index contributed by atoms with van der Waals surface area (Å²) in [6, 6.07) is 0. The van der Waals surface area contributed by atoms with Gasteiger partial charge in [-0.15, -0.1) is 0 Å². The molecule has 1 rings (SSSR count). The van der Waals surface area contributed by atoms with Crippen LogP contribution < -0.4 is 5.32 Å². The summed E-state index contributed by atoms with van der Waals surface area (Å²) in [5.41, 5.74) is 0.731. The first kappa shape index (κ1) is 18.0. The van der Waals surface area contributed by atoms with Crippen LogP contribution in [0.2, 0.25) is 0 Å². The maximum Gasteiger partial charge on any atom is 0.000781 e. The van der Waals surface area contributed by atoms with Crippen molar-refractivity contribution in [2.24, 2.45) is 5.41 Å². The molecule has 0 amide bonds. The van der Waals surface area contributed by atoms with Crippen molar-refractivity contribution in [1.29, 1.82) is 0 Å². The fourth-order valence-electron chi connectivity index (χ4n) is 3.21. The molecule has 1 aliphatic rings. The quantitative estimate of drug-likeness (QED) is 0.359. The van der Waals surface area contributed by atoms with Crippen LogP contribution >= 0.6 is 0 Å². The summed E-state index contributed by atoms with van der Waals surface area (Å²) in [5, 5.41) is 3.62. The van der Waals surface area contributed by atoms with Crippen LogP contribution in [0.25, 0.3) is 0 Å². The summed E-state index contributed by atoms with van der Waals surface area (Å²) < 4.78 is 0. The monoisotopic (exact) mass is 281 g/mol. The fourth-order valence-corrected chi connectivity index (χ4v) is 3.21. The largest absolute Gasteiger partial charge is 0.316 e. The first-order valence-electron chi connectivity index (χ1n) is 9.54. The SMILES string of the molecule is CCCCCCCCCCCCC1(CNCCC)CC1. The third-order valence-corrected chi connectivity index (χ3v) is 4.94. The van der Waals surface area contributed by atoms with Crippen molar-refractivity contribution in [3.8, 4) is 0 Å². The van der Waals surface area contributed by atoms with Crippen molar-refractivity contribution in [1.82, 2.24) is 5.32 Å². The van der Waals surface area contributed by atoms with Crippen LogP contribution in [0.15, 0.2) is 0 Å². The molecule has 1 nitrogen and oxygen atoms in total. The molecule has 0 aromatic rings. The van der Waals surface area contributed by atoms with Gasteiger partial charge in [0.15, 0.2) is 0 Å². The van der Waals surface area contributed by atoms with Crippen LogP contribution in [0, 0.1) is 5.41 Å². The molecular weight excluding hydrogens is 242 g/mol. The number of hydrogen-bond donors (Lipinski definition) is 1. The molecule has 0 atom stereocenters. The van der Waals surface area contributed by atoms with Crippen molar-refractivity contribution in [3.63, 3.8) is 0 Å². The second kappa shape index (κ2) is 11.6. The number of unbranched alkanes of at least 4 members (excludes halogenated alkanes) is 9. The molecule has 1 fully saturated rings. The summed E-state index contributed by atoms with van der Waals surface area (Å²) in [4.78, 5) is 0. The molecule has 0 radical (unpaired) electrons. The molecule has 20 heavy (non-hydrogen) atoms. The van der Waals surface area contributed by atoms with Crippen molar-refractivity contribution in [2.45, 2.75) is 104 Å². The molecule has 1 heteroatoms. The van der Waals surface area contributed by atoms with Gasteiger partial charge in [-0.2, -0.15) is 0 Å². The van der Waals surface area contributed by atoms with Crippen LogP contribution in [-0.4, -0.2) is 13.1 Å².